The fourth-order valence-corrected chi connectivity index (χ4v) is 4.76. The second kappa shape index (κ2) is 3.87. The van der Waals surface area contributed by atoms with Crippen molar-refractivity contribution >= 4 is 31.2 Å². The molecule has 0 aliphatic rings. The van der Waals surface area contributed by atoms with Gasteiger partial charge in [0.15, 0.2) is 0 Å². The summed E-state index contributed by atoms with van der Waals surface area (Å²) < 4.78 is 1.60. The first-order chi connectivity index (χ1) is 6.21. The molecule has 2 heteroatoms. The van der Waals surface area contributed by atoms with Crippen molar-refractivity contribution in [3.05, 3.63) is 24.3 Å². The molecule has 0 unspecified atom stereocenters. The van der Waals surface area contributed by atoms with E-state index in [4.69, 9.17) is 0 Å². The first kappa shape index (κ1) is 12.1. The van der Waals surface area contributed by atoms with Crippen LogP contribution < -0.4 is 9.54 Å². The molecule has 0 spiro atoms. The van der Waals surface area contributed by atoms with Gasteiger partial charge in [-0.3, -0.25) is 0 Å². The Bertz CT molecular complexity index is 268. The van der Waals surface area contributed by atoms with Gasteiger partial charge in [0.2, 0.25) is 0 Å². The first-order valence-electron chi connectivity index (χ1n) is 5.14. The number of rotatable bonds is 2. The molecule has 0 atom stereocenters. The van der Waals surface area contributed by atoms with E-state index in [1.807, 2.05) is 0 Å². The quantitative estimate of drug-likeness (QED) is 0.724. The minimum absolute atomic E-state index is 1.10. The molecule has 1 aromatic rings. The molecule has 0 saturated heterocycles. The zero-order valence-electron chi connectivity index (χ0n) is 10.3. The summed E-state index contributed by atoms with van der Waals surface area (Å²) in [5.41, 5.74) is 7.30. The number of hydrogen-bond donors (Lipinski definition) is 0. The third kappa shape index (κ3) is 3.00. The average molecular weight is 269 g/mol. The first-order valence-corrected chi connectivity index (χ1v) is 15.2. The van der Waals surface area contributed by atoms with Gasteiger partial charge in [0.05, 0.1) is 0 Å². The van der Waals surface area contributed by atoms with E-state index < -0.39 is 21.6 Å². The molecule has 0 aliphatic heterocycles. The van der Waals surface area contributed by atoms with Crippen molar-refractivity contribution in [1.82, 2.24) is 0 Å². The van der Waals surface area contributed by atoms with E-state index in [9.17, 15) is 0 Å². The number of hydrogen-bond acceptors (Lipinski definition) is 0. The van der Waals surface area contributed by atoms with Gasteiger partial charge in [0, 0.05) is 0 Å². The Labute approximate surface area is 92.2 Å². The normalized spacial score (nSPS) is 13.0. The van der Waals surface area contributed by atoms with Crippen LogP contribution in [0.1, 0.15) is 0 Å². The summed E-state index contributed by atoms with van der Waals surface area (Å²) in [6.45, 7) is 7.21. The SMILES string of the molecule is C[Si](C)(C)c1ccc([As+](C)(C)C)cc1. The van der Waals surface area contributed by atoms with Crippen LogP contribution in [0.25, 0.3) is 0 Å². The van der Waals surface area contributed by atoms with Crippen LogP contribution in [0.4, 0.5) is 0 Å². The molecule has 0 nitrogen and oxygen atoms in total. The van der Waals surface area contributed by atoms with Crippen LogP contribution in [0.15, 0.2) is 24.3 Å². The molecule has 0 aliphatic carbocycles. The Kier molecular flexibility index (Phi) is 3.33. The fourth-order valence-electron chi connectivity index (χ4n) is 1.41. The van der Waals surface area contributed by atoms with Gasteiger partial charge in [0.1, 0.15) is 0 Å². The summed E-state index contributed by atoms with van der Waals surface area (Å²) in [6.07, 6.45) is 0. The molecular formula is C12H22AsSi+. The van der Waals surface area contributed by atoms with E-state index >= 15 is 0 Å². The van der Waals surface area contributed by atoms with E-state index in [0.717, 1.165) is 0 Å². The second-order valence-corrected chi connectivity index (χ2v) is 20.4. The van der Waals surface area contributed by atoms with Crippen molar-refractivity contribution in [2.45, 2.75) is 36.8 Å². The Hall–Kier alpha value is -0.00468. The average Bonchev–Trinajstić information content (AvgIpc) is 2.01. The zero-order valence-corrected chi connectivity index (χ0v) is 13.1. The molecule has 0 bridgehead atoms. The van der Waals surface area contributed by atoms with Crippen LogP contribution >= 0.6 is 0 Å². The van der Waals surface area contributed by atoms with E-state index in [-0.39, 0.29) is 0 Å². The van der Waals surface area contributed by atoms with Crippen LogP contribution in [0.2, 0.25) is 36.8 Å². The molecule has 0 saturated carbocycles. The van der Waals surface area contributed by atoms with Crippen LogP contribution in [-0.4, -0.2) is 21.6 Å². The van der Waals surface area contributed by atoms with Crippen molar-refractivity contribution in [1.29, 1.82) is 0 Å². The summed E-state index contributed by atoms with van der Waals surface area (Å²) in [5, 5.41) is 1.57. The van der Waals surface area contributed by atoms with E-state index in [2.05, 4.69) is 61.0 Å². The van der Waals surface area contributed by atoms with Crippen molar-refractivity contribution in [3.8, 4) is 0 Å². The van der Waals surface area contributed by atoms with Crippen molar-refractivity contribution < 1.29 is 0 Å². The van der Waals surface area contributed by atoms with Gasteiger partial charge in [-0.05, 0) is 0 Å². The summed E-state index contributed by atoms with van der Waals surface area (Å²) in [6, 6.07) is 9.43. The van der Waals surface area contributed by atoms with E-state index in [0.29, 0.717) is 0 Å². The van der Waals surface area contributed by atoms with Gasteiger partial charge >= 0.3 is 92.2 Å². The fraction of sp³-hybridized carbons (Fsp3) is 0.500. The van der Waals surface area contributed by atoms with Crippen molar-refractivity contribution in [2.75, 3.05) is 0 Å². The molecule has 0 amide bonds. The maximum absolute atomic E-state index is 2.43. The summed E-state index contributed by atoms with van der Waals surface area (Å²) in [7, 11) is -1.10. The van der Waals surface area contributed by atoms with Gasteiger partial charge in [-0.1, -0.05) is 0 Å². The third-order valence-corrected chi connectivity index (χ3v) is 8.45. The summed E-state index contributed by atoms with van der Waals surface area (Å²) >= 11 is -1.43. The molecule has 0 N–H and O–H groups in total. The molecular weight excluding hydrogens is 247 g/mol. The van der Waals surface area contributed by atoms with Crippen molar-refractivity contribution in [3.63, 3.8) is 0 Å². The Morgan fingerprint density at radius 3 is 1.57 bits per heavy atom. The van der Waals surface area contributed by atoms with Crippen molar-refractivity contribution in [2.24, 2.45) is 0 Å². The van der Waals surface area contributed by atoms with Gasteiger partial charge in [0.25, 0.3) is 0 Å². The molecule has 78 valence electrons. The van der Waals surface area contributed by atoms with E-state index in [1.165, 1.54) is 0 Å². The Morgan fingerprint density at radius 1 is 0.857 bits per heavy atom. The predicted molar refractivity (Wildman–Crippen MR) is 72.4 cm³/mol. The molecule has 0 heterocycles. The molecule has 14 heavy (non-hydrogen) atoms. The van der Waals surface area contributed by atoms with Gasteiger partial charge in [-0.15, -0.1) is 0 Å². The van der Waals surface area contributed by atoms with Crippen LogP contribution in [-0.2, 0) is 0 Å². The summed E-state index contributed by atoms with van der Waals surface area (Å²) in [5.74, 6) is 0. The monoisotopic (exact) mass is 269 g/mol. The molecule has 0 aromatic heterocycles. The topological polar surface area (TPSA) is 0 Å². The molecule has 0 fully saturated rings. The maximum atomic E-state index is 2.43. The molecule has 1 rings (SSSR count). The summed E-state index contributed by atoms with van der Waals surface area (Å²) in [4.78, 5) is 0. The number of benzene rings is 1. The predicted octanol–water partition coefficient (Wildman–Crippen LogP) is 2.78. The Morgan fingerprint density at radius 2 is 1.29 bits per heavy atom. The standard InChI is InChI=1S/C12H22AsSi/c1-13(2,3)11-7-9-12(10-8-11)14(4,5)6/h7-10H,1-6H3/q+1. The minimum atomic E-state index is -1.43. The second-order valence-electron chi connectivity index (χ2n) is 5.81. The van der Waals surface area contributed by atoms with Gasteiger partial charge in [-0.25, -0.2) is 0 Å². The van der Waals surface area contributed by atoms with Gasteiger partial charge in [-0.2, -0.15) is 0 Å². The zero-order chi connectivity index (χ0) is 11.0. The Balaban J connectivity index is 3.02. The van der Waals surface area contributed by atoms with E-state index in [1.54, 1.807) is 9.54 Å². The van der Waals surface area contributed by atoms with Crippen LogP contribution in [0.3, 0.4) is 0 Å². The molecule has 0 radical (unpaired) electrons. The van der Waals surface area contributed by atoms with Crippen LogP contribution in [0, 0.1) is 0 Å². The third-order valence-electron chi connectivity index (χ3n) is 2.51. The van der Waals surface area contributed by atoms with Crippen LogP contribution in [0.5, 0.6) is 0 Å². The molecule has 1 aromatic carbocycles. The van der Waals surface area contributed by atoms with Gasteiger partial charge < -0.3 is 0 Å².